The Morgan fingerprint density at radius 2 is 1.96 bits per heavy atom. The predicted molar refractivity (Wildman–Crippen MR) is 92.2 cm³/mol. The minimum atomic E-state index is -0.902. The highest BCUT2D eigenvalue weighted by Gasteiger charge is 2.33. The molecule has 24 heavy (non-hydrogen) atoms. The zero-order valence-corrected chi connectivity index (χ0v) is 14.6. The maximum absolute atomic E-state index is 10.1. The van der Waals surface area contributed by atoms with Gasteiger partial charge in [0.25, 0.3) is 0 Å². The number of rotatable bonds is 6. The molecule has 2 heterocycles. The summed E-state index contributed by atoms with van der Waals surface area (Å²) in [4.78, 5) is 2.34. The van der Waals surface area contributed by atoms with Crippen LogP contribution in [0.1, 0.15) is 19.8 Å². The van der Waals surface area contributed by atoms with Crippen molar-refractivity contribution in [1.82, 2.24) is 25.1 Å². The maximum Gasteiger partial charge on any atom is 0.214 e. The number of aliphatic hydroxyl groups excluding tert-OH is 1. The first kappa shape index (κ1) is 17.3. The summed E-state index contributed by atoms with van der Waals surface area (Å²) in [5.41, 5.74) is 0.0458. The summed E-state index contributed by atoms with van der Waals surface area (Å²) in [7, 11) is 0. The van der Waals surface area contributed by atoms with Crippen LogP contribution in [0.15, 0.2) is 35.5 Å². The molecular weight excluding hydrogens is 326 g/mol. The van der Waals surface area contributed by atoms with Gasteiger partial charge in [0, 0.05) is 24.9 Å². The Labute approximate surface area is 145 Å². The molecule has 130 valence electrons. The number of thioether (sulfide) groups is 1. The third-order valence-corrected chi connectivity index (χ3v) is 5.70. The Hall–Kier alpha value is -1.48. The molecule has 2 aromatic rings. The first-order valence-electron chi connectivity index (χ1n) is 8.15. The molecule has 1 aromatic carbocycles. The second kappa shape index (κ2) is 7.60. The molecule has 0 radical (unpaired) electrons. The molecular formula is C16H23N5O2S. The Kier molecular flexibility index (Phi) is 5.50. The number of tetrazole rings is 1. The van der Waals surface area contributed by atoms with Crippen LogP contribution in [0.3, 0.4) is 0 Å². The Bertz CT molecular complexity index is 643. The molecule has 0 bridgehead atoms. The van der Waals surface area contributed by atoms with Gasteiger partial charge in [-0.3, -0.25) is 4.90 Å². The van der Waals surface area contributed by atoms with E-state index in [9.17, 15) is 10.2 Å². The summed E-state index contributed by atoms with van der Waals surface area (Å²) >= 11 is 1.63. The largest absolute Gasteiger partial charge is 0.393 e. The normalized spacial score (nSPS) is 19.3. The summed E-state index contributed by atoms with van der Waals surface area (Å²) in [5.74, 6) is 0.866. The Morgan fingerprint density at radius 3 is 2.62 bits per heavy atom. The number of hydrogen-bond donors (Lipinski definition) is 2. The van der Waals surface area contributed by atoms with Gasteiger partial charge in [-0.15, -0.1) is 5.10 Å². The summed E-state index contributed by atoms with van der Waals surface area (Å²) in [5, 5.41) is 32.1. The smallest absolute Gasteiger partial charge is 0.214 e. The Morgan fingerprint density at radius 1 is 1.25 bits per heavy atom. The molecule has 3 rings (SSSR count). The fourth-order valence-electron chi connectivity index (χ4n) is 2.84. The molecule has 8 heteroatoms. The van der Waals surface area contributed by atoms with Crippen molar-refractivity contribution >= 4 is 11.8 Å². The zero-order chi connectivity index (χ0) is 17.0. The molecule has 1 aromatic heterocycles. The highest BCUT2D eigenvalue weighted by molar-refractivity contribution is 7.99. The van der Waals surface area contributed by atoms with Crippen LogP contribution in [0.5, 0.6) is 0 Å². The summed E-state index contributed by atoms with van der Waals surface area (Å²) < 4.78 is 1.75. The number of hydrogen-bond acceptors (Lipinski definition) is 7. The molecule has 0 aliphatic carbocycles. The summed E-state index contributed by atoms with van der Waals surface area (Å²) in [6, 6.07) is 10.2. The third kappa shape index (κ3) is 3.94. The fourth-order valence-corrected chi connectivity index (χ4v) is 3.80. The van der Waals surface area contributed by atoms with Crippen LogP contribution >= 0.6 is 11.8 Å². The number of aromatic nitrogens is 4. The molecule has 1 fully saturated rings. The molecule has 7 nitrogen and oxygen atoms in total. The number of piperidine rings is 1. The van der Waals surface area contributed by atoms with E-state index < -0.39 is 5.60 Å². The van der Waals surface area contributed by atoms with Crippen molar-refractivity contribution in [1.29, 1.82) is 0 Å². The molecule has 1 aliphatic heterocycles. The van der Waals surface area contributed by atoms with Crippen LogP contribution in [0.2, 0.25) is 0 Å². The monoisotopic (exact) mass is 349 g/mol. The van der Waals surface area contributed by atoms with Crippen molar-refractivity contribution in [3.8, 4) is 5.69 Å². The van der Waals surface area contributed by atoms with Crippen LogP contribution in [-0.2, 0) is 0 Å². The standard InChI is InChI=1S/C16H23N5O2S/c1-13(20-9-7-16(23,12-22)8-10-20)11-24-15-17-18-19-21(15)14-5-3-2-4-6-14/h2-6,13,22-23H,7-12H2,1H3. The first-order valence-corrected chi connectivity index (χ1v) is 9.14. The topological polar surface area (TPSA) is 87.3 Å². The minimum Gasteiger partial charge on any atom is -0.393 e. The van der Waals surface area contributed by atoms with Gasteiger partial charge in [0.1, 0.15) is 0 Å². The van der Waals surface area contributed by atoms with Gasteiger partial charge in [-0.25, -0.2) is 0 Å². The van der Waals surface area contributed by atoms with E-state index in [1.807, 2.05) is 30.3 Å². The lowest BCUT2D eigenvalue weighted by atomic mass is 9.92. The lowest BCUT2D eigenvalue weighted by molar-refractivity contribution is -0.0635. The van der Waals surface area contributed by atoms with Crippen LogP contribution < -0.4 is 0 Å². The summed E-state index contributed by atoms with van der Waals surface area (Å²) in [6.07, 6.45) is 1.22. The molecule has 0 saturated carbocycles. The van der Waals surface area contributed by atoms with Crippen molar-refractivity contribution in [2.24, 2.45) is 0 Å². The Balaban J connectivity index is 1.56. The van der Waals surface area contributed by atoms with Crippen LogP contribution in [0.25, 0.3) is 5.69 Å². The van der Waals surface area contributed by atoms with Gasteiger partial charge in [0.05, 0.1) is 17.9 Å². The third-order valence-electron chi connectivity index (χ3n) is 4.54. The minimum absolute atomic E-state index is 0.157. The van der Waals surface area contributed by atoms with E-state index in [1.54, 1.807) is 16.4 Å². The van der Waals surface area contributed by atoms with Crippen molar-refractivity contribution in [2.45, 2.75) is 36.6 Å². The van der Waals surface area contributed by atoms with Crippen molar-refractivity contribution in [3.05, 3.63) is 30.3 Å². The molecule has 1 unspecified atom stereocenters. The van der Waals surface area contributed by atoms with E-state index >= 15 is 0 Å². The van der Waals surface area contributed by atoms with E-state index in [2.05, 4.69) is 27.3 Å². The van der Waals surface area contributed by atoms with Crippen LogP contribution in [0, 0.1) is 0 Å². The molecule has 0 spiro atoms. The van der Waals surface area contributed by atoms with E-state index in [0.29, 0.717) is 18.9 Å². The van der Waals surface area contributed by atoms with Crippen LogP contribution in [0.4, 0.5) is 0 Å². The van der Waals surface area contributed by atoms with Crippen molar-refractivity contribution in [2.75, 3.05) is 25.4 Å². The second-order valence-electron chi connectivity index (χ2n) is 6.29. The number of aliphatic hydroxyl groups is 2. The number of likely N-dealkylation sites (tertiary alicyclic amines) is 1. The first-order chi connectivity index (χ1) is 11.6. The van der Waals surface area contributed by atoms with E-state index in [-0.39, 0.29) is 6.61 Å². The maximum atomic E-state index is 10.1. The number of nitrogens with zero attached hydrogens (tertiary/aromatic N) is 5. The molecule has 1 atom stereocenters. The van der Waals surface area contributed by atoms with Gasteiger partial charge >= 0.3 is 0 Å². The molecule has 2 N–H and O–H groups in total. The van der Waals surface area contributed by atoms with Gasteiger partial charge in [0.15, 0.2) is 0 Å². The van der Waals surface area contributed by atoms with Gasteiger partial charge in [-0.2, -0.15) is 4.68 Å². The van der Waals surface area contributed by atoms with Gasteiger partial charge in [-0.05, 0) is 42.3 Å². The average Bonchev–Trinajstić information content (AvgIpc) is 3.09. The SMILES string of the molecule is CC(CSc1nnnn1-c1ccccc1)N1CCC(O)(CO)CC1. The van der Waals surface area contributed by atoms with E-state index in [0.717, 1.165) is 29.7 Å². The summed E-state index contributed by atoms with van der Waals surface area (Å²) in [6.45, 7) is 3.60. The number of para-hydroxylation sites is 1. The number of benzene rings is 1. The predicted octanol–water partition coefficient (Wildman–Crippen LogP) is 0.962. The van der Waals surface area contributed by atoms with Crippen LogP contribution in [-0.4, -0.2) is 72.4 Å². The lowest BCUT2D eigenvalue weighted by Crippen LogP contribution is -2.49. The zero-order valence-electron chi connectivity index (χ0n) is 13.7. The highest BCUT2D eigenvalue weighted by Crippen LogP contribution is 2.25. The highest BCUT2D eigenvalue weighted by atomic mass is 32.2. The lowest BCUT2D eigenvalue weighted by Gasteiger charge is -2.39. The quantitative estimate of drug-likeness (QED) is 0.751. The second-order valence-corrected chi connectivity index (χ2v) is 7.27. The van der Waals surface area contributed by atoms with Gasteiger partial charge < -0.3 is 10.2 Å². The molecule has 0 amide bonds. The van der Waals surface area contributed by atoms with Crippen molar-refractivity contribution < 1.29 is 10.2 Å². The van der Waals surface area contributed by atoms with Crippen molar-refractivity contribution in [3.63, 3.8) is 0 Å². The molecule has 1 saturated heterocycles. The fraction of sp³-hybridized carbons (Fsp3) is 0.562. The van der Waals surface area contributed by atoms with E-state index in [4.69, 9.17) is 0 Å². The van der Waals surface area contributed by atoms with Gasteiger partial charge in [-0.1, -0.05) is 30.0 Å². The average molecular weight is 349 g/mol. The van der Waals surface area contributed by atoms with E-state index in [1.165, 1.54) is 0 Å². The molecule has 1 aliphatic rings. The van der Waals surface area contributed by atoms with Gasteiger partial charge in [0.2, 0.25) is 5.16 Å².